The van der Waals surface area contributed by atoms with E-state index in [1.807, 2.05) is 12.1 Å². The molecular formula is C23H28N2O. The van der Waals surface area contributed by atoms with Crippen LogP contribution in [-0.2, 0) is 17.6 Å². The highest BCUT2D eigenvalue weighted by Gasteiger charge is 2.30. The van der Waals surface area contributed by atoms with Gasteiger partial charge in [-0.3, -0.25) is 9.69 Å². The molecule has 3 heteroatoms. The van der Waals surface area contributed by atoms with E-state index < -0.39 is 0 Å². The summed E-state index contributed by atoms with van der Waals surface area (Å²) < 4.78 is 0. The molecule has 4 rings (SSSR count). The monoisotopic (exact) mass is 348 g/mol. The van der Waals surface area contributed by atoms with Crippen LogP contribution in [0.4, 0.5) is 5.69 Å². The van der Waals surface area contributed by atoms with Crippen molar-refractivity contribution in [2.24, 2.45) is 0 Å². The largest absolute Gasteiger partial charge is 0.326 e. The van der Waals surface area contributed by atoms with Crippen molar-refractivity contribution < 1.29 is 4.79 Å². The van der Waals surface area contributed by atoms with Crippen molar-refractivity contribution in [2.45, 2.75) is 58.0 Å². The lowest BCUT2D eigenvalue weighted by Gasteiger charge is -2.35. The van der Waals surface area contributed by atoms with E-state index in [4.69, 9.17) is 0 Å². The summed E-state index contributed by atoms with van der Waals surface area (Å²) >= 11 is 0. The summed E-state index contributed by atoms with van der Waals surface area (Å²) in [6.07, 6.45) is 6.34. The van der Waals surface area contributed by atoms with E-state index in [-0.39, 0.29) is 5.91 Å². The van der Waals surface area contributed by atoms with Gasteiger partial charge in [0, 0.05) is 24.7 Å². The molecule has 2 atom stereocenters. The molecule has 0 saturated carbocycles. The van der Waals surface area contributed by atoms with E-state index in [0.29, 0.717) is 6.04 Å². The maximum Gasteiger partial charge on any atom is 0.221 e. The van der Waals surface area contributed by atoms with Crippen LogP contribution in [0.2, 0.25) is 0 Å². The predicted octanol–water partition coefficient (Wildman–Crippen LogP) is 4.65. The van der Waals surface area contributed by atoms with E-state index in [2.05, 4.69) is 47.5 Å². The normalized spacial score (nSPS) is 22.8. The fourth-order valence-electron chi connectivity index (χ4n) is 4.68. The first-order chi connectivity index (χ1) is 12.6. The summed E-state index contributed by atoms with van der Waals surface area (Å²) in [6.45, 7) is 5.20. The van der Waals surface area contributed by atoms with Crippen molar-refractivity contribution in [3.8, 4) is 11.1 Å². The van der Waals surface area contributed by atoms with Gasteiger partial charge in [0.05, 0.1) is 0 Å². The van der Waals surface area contributed by atoms with Crippen LogP contribution in [0.1, 0.15) is 44.2 Å². The molecule has 1 N–H and O–H groups in total. The average molecular weight is 348 g/mol. The molecule has 0 radical (unpaired) electrons. The van der Waals surface area contributed by atoms with Gasteiger partial charge in [-0.25, -0.2) is 0 Å². The Hall–Kier alpha value is -2.13. The zero-order chi connectivity index (χ0) is 18.1. The van der Waals surface area contributed by atoms with Crippen LogP contribution < -0.4 is 5.32 Å². The van der Waals surface area contributed by atoms with Crippen LogP contribution in [-0.4, -0.2) is 29.4 Å². The Morgan fingerprint density at radius 1 is 1.08 bits per heavy atom. The number of nitrogens with one attached hydrogen (secondary N) is 1. The summed E-state index contributed by atoms with van der Waals surface area (Å²) in [5.74, 6) is -0.0326. The molecule has 1 saturated heterocycles. The van der Waals surface area contributed by atoms with Crippen LogP contribution >= 0.6 is 0 Å². The van der Waals surface area contributed by atoms with E-state index in [1.165, 1.54) is 55.3 Å². The molecule has 3 nitrogen and oxygen atoms in total. The zero-order valence-electron chi connectivity index (χ0n) is 15.8. The number of hydrogen-bond donors (Lipinski definition) is 1. The number of hydrogen-bond acceptors (Lipinski definition) is 2. The molecule has 2 aromatic rings. The molecule has 2 unspecified atom stereocenters. The van der Waals surface area contributed by atoms with Gasteiger partial charge in [-0.1, -0.05) is 30.3 Å². The van der Waals surface area contributed by atoms with Crippen LogP contribution in [0.15, 0.2) is 42.5 Å². The predicted molar refractivity (Wildman–Crippen MR) is 107 cm³/mol. The van der Waals surface area contributed by atoms with Gasteiger partial charge in [0.2, 0.25) is 5.91 Å². The lowest BCUT2D eigenvalue weighted by molar-refractivity contribution is -0.114. The average Bonchev–Trinajstić information content (AvgIpc) is 3.06. The SMILES string of the molecule is CC(=O)Nc1cccc(-c2ccc3c(c2)CCC(N2CCCC2C)C3)c1. The molecule has 1 amide bonds. The number of amides is 1. The Labute approximate surface area is 156 Å². The Morgan fingerprint density at radius 3 is 2.69 bits per heavy atom. The van der Waals surface area contributed by atoms with Gasteiger partial charge in [0.1, 0.15) is 0 Å². The minimum absolute atomic E-state index is 0.0326. The number of benzene rings is 2. The fourth-order valence-corrected chi connectivity index (χ4v) is 4.68. The van der Waals surface area contributed by atoms with Crippen molar-refractivity contribution in [1.82, 2.24) is 4.90 Å². The van der Waals surface area contributed by atoms with Crippen molar-refractivity contribution in [3.05, 3.63) is 53.6 Å². The molecule has 26 heavy (non-hydrogen) atoms. The summed E-state index contributed by atoms with van der Waals surface area (Å²) in [5.41, 5.74) is 6.27. The van der Waals surface area contributed by atoms with Gasteiger partial charge < -0.3 is 5.32 Å². The maximum absolute atomic E-state index is 11.3. The lowest BCUT2D eigenvalue weighted by atomic mass is 9.85. The Kier molecular flexibility index (Phi) is 4.82. The fraction of sp³-hybridized carbons (Fsp3) is 0.435. The number of anilines is 1. The minimum Gasteiger partial charge on any atom is -0.326 e. The second-order valence-corrected chi connectivity index (χ2v) is 7.87. The van der Waals surface area contributed by atoms with Crippen LogP contribution in [0, 0.1) is 0 Å². The van der Waals surface area contributed by atoms with E-state index >= 15 is 0 Å². The first-order valence-corrected chi connectivity index (χ1v) is 9.86. The first-order valence-electron chi connectivity index (χ1n) is 9.86. The molecule has 1 fully saturated rings. The highest BCUT2D eigenvalue weighted by Crippen LogP contribution is 2.32. The summed E-state index contributed by atoms with van der Waals surface area (Å²) in [7, 11) is 0. The zero-order valence-corrected chi connectivity index (χ0v) is 15.8. The van der Waals surface area contributed by atoms with Gasteiger partial charge in [0.25, 0.3) is 0 Å². The van der Waals surface area contributed by atoms with Gasteiger partial charge in [-0.15, -0.1) is 0 Å². The molecule has 2 aliphatic rings. The first kappa shape index (κ1) is 17.3. The maximum atomic E-state index is 11.3. The second kappa shape index (κ2) is 7.24. The Balaban J connectivity index is 1.54. The molecule has 1 aliphatic carbocycles. The number of nitrogens with zero attached hydrogens (tertiary/aromatic N) is 1. The highest BCUT2D eigenvalue weighted by atomic mass is 16.1. The van der Waals surface area contributed by atoms with E-state index in [9.17, 15) is 4.79 Å². The van der Waals surface area contributed by atoms with Crippen molar-refractivity contribution in [3.63, 3.8) is 0 Å². The Morgan fingerprint density at radius 2 is 1.92 bits per heavy atom. The topological polar surface area (TPSA) is 32.3 Å². The molecular weight excluding hydrogens is 320 g/mol. The smallest absolute Gasteiger partial charge is 0.221 e. The number of likely N-dealkylation sites (tertiary alicyclic amines) is 1. The Bertz CT molecular complexity index is 814. The third kappa shape index (κ3) is 3.54. The highest BCUT2D eigenvalue weighted by molar-refractivity contribution is 5.89. The van der Waals surface area contributed by atoms with Gasteiger partial charge >= 0.3 is 0 Å². The molecule has 1 aliphatic heterocycles. The summed E-state index contributed by atoms with van der Waals surface area (Å²) in [4.78, 5) is 14.0. The number of rotatable bonds is 3. The number of fused-ring (bicyclic) bond motifs is 1. The van der Waals surface area contributed by atoms with Crippen LogP contribution in [0.3, 0.4) is 0 Å². The summed E-state index contributed by atoms with van der Waals surface area (Å²) in [5, 5.41) is 2.87. The third-order valence-corrected chi connectivity index (χ3v) is 6.00. The van der Waals surface area contributed by atoms with E-state index in [1.54, 1.807) is 6.92 Å². The minimum atomic E-state index is -0.0326. The van der Waals surface area contributed by atoms with Crippen molar-refractivity contribution in [1.29, 1.82) is 0 Å². The third-order valence-electron chi connectivity index (χ3n) is 6.00. The summed E-state index contributed by atoms with van der Waals surface area (Å²) in [6, 6.07) is 16.5. The van der Waals surface area contributed by atoms with Gasteiger partial charge in [0.15, 0.2) is 0 Å². The van der Waals surface area contributed by atoms with Crippen molar-refractivity contribution >= 4 is 11.6 Å². The second-order valence-electron chi connectivity index (χ2n) is 7.87. The standard InChI is InChI=1S/C23H28N2O/c1-16-5-4-12-25(16)23-11-10-20-13-19(8-9-21(20)15-23)18-6-3-7-22(14-18)24-17(2)26/h3,6-9,13-14,16,23H,4-5,10-12,15H2,1-2H3,(H,24,26). The van der Waals surface area contributed by atoms with Crippen LogP contribution in [0.25, 0.3) is 11.1 Å². The van der Waals surface area contributed by atoms with Gasteiger partial charge in [-0.2, -0.15) is 0 Å². The molecule has 0 spiro atoms. The lowest BCUT2D eigenvalue weighted by Crippen LogP contribution is -2.41. The molecule has 136 valence electrons. The molecule has 1 heterocycles. The molecule has 0 aromatic heterocycles. The molecule has 0 bridgehead atoms. The molecule has 2 aromatic carbocycles. The number of aryl methyl sites for hydroxylation is 1. The quantitative estimate of drug-likeness (QED) is 0.875. The van der Waals surface area contributed by atoms with E-state index in [0.717, 1.165) is 17.3 Å². The van der Waals surface area contributed by atoms with Gasteiger partial charge in [-0.05, 0) is 80.0 Å². The van der Waals surface area contributed by atoms with Crippen molar-refractivity contribution in [2.75, 3.05) is 11.9 Å². The number of carbonyl (C=O) groups excluding carboxylic acids is 1. The number of carbonyl (C=O) groups is 1. The van der Waals surface area contributed by atoms with Crippen LogP contribution in [0.5, 0.6) is 0 Å².